The topological polar surface area (TPSA) is 73.2 Å². The van der Waals surface area contributed by atoms with Gasteiger partial charge in [0.15, 0.2) is 0 Å². The Kier molecular flexibility index (Phi) is 7.83. The molecule has 1 N–H and O–H groups in total. The van der Waals surface area contributed by atoms with Crippen molar-refractivity contribution in [1.29, 1.82) is 5.26 Å². The highest BCUT2D eigenvalue weighted by Gasteiger charge is 2.40. The highest BCUT2D eigenvalue weighted by Crippen LogP contribution is 2.42. The van der Waals surface area contributed by atoms with Gasteiger partial charge in [-0.05, 0) is 66.8 Å². The number of nitrogens with zero attached hydrogens (tertiary/aromatic N) is 2. The van der Waals surface area contributed by atoms with Gasteiger partial charge < -0.3 is 5.32 Å². The second kappa shape index (κ2) is 11.0. The Morgan fingerprint density at radius 2 is 1.69 bits per heavy atom. The Morgan fingerprint density at radius 3 is 2.28 bits per heavy atom. The molecule has 5 nitrogen and oxygen atoms in total. The SMILES string of the molecule is Cc1ccc(NC(=O)/C(C#N)=C2\SC(Cc3ccc(Cl)cc3)C(=O)N2c2ccc(C(C)C)cc2)cc1. The van der Waals surface area contributed by atoms with E-state index >= 15 is 0 Å². The summed E-state index contributed by atoms with van der Waals surface area (Å²) in [7, 11) is 0. The Labute approximate surface area is 220 Å². The van der Waals surface area contributed by atoms with Gasteiger partial charge in [-0.1, -0.05) is 79.2 Å². The Balaban J connectivity index is 1.72. The molecule has 2 amide bonds. The van der Waals surface area contributed by atoms with Crippen molar-refractivity contribution in [3.63, 3.8) is 0 Å². The van der Waals surface area contributed by atoms with Crippen LogP contribution < -0.4 is 10.2 Å². The van der Waals surface area contributed by atoms with Gasteiger partial charge in [-0.2, -0.15) is 5.26 Å². The van der Waals surface area contributed by atoms with Crippen LogP contribution in [0.1, 0.15) is 36.5 Å². The summed E-state index contributed by atoms with van der Waals surface area (Å²) >= 11 is 7.27. The Hall–Kier alpha value is -3.53. The van der Waals surface area contributed by atoms with Crippen molar-refractivity contribution in [1.82, 2.24) is 0 Å². The van der Waals surface area contributed by atoms with Gasteiger partial charge in [0.1, 0.15) is 16.7 Å². The van der Waals surface area contributed by atoms with Crippen LogP contribution in [0.2, 0.25) is 5.02 Å². The lowest BCUT2D eigenvalue weighted by molar-refractivity contribution is -0.117. The van der Waals surface area contributed by atoms with Gasteiger partial charge in [0.2, 0.25) is 5.91 Å². The smallest absolute Gasteiger partial charge is 0.269 e. The van der Waals surface area contributed by atoms with Crippen molar-refractivity contribution in [3.05, 3.63) is 105 Å². The van der Waals surface area contributed by atoms with Crippen LogP contribution >= 0.6 is 23.4 Å². The molecule has 0 radical (unpaired) electrons. The molecule has 0 aliphatic carbocycles. The molecule has 1 atom stereocenters. The van der Waals surface area contributed by atoms with Crippen LogP contribution in [0.15, 0.2) is 83.4 Å². The molecule has 182 valence electrons. The zero-order valence-electron chi connectivity index (χ0n) is 20.3. The maximum atomic E-state index is 13.6. The van der Waals surface area contributed by atoms with Gasteiger partial charge in [-0.3, -0.25) is 14.5 Å². The van der Waals surface area contributed by atoms with Crippen molar-refractivity contribution < 1.29 is 9.59 Å². The molecule has 1 fully saturated rings. The number of aryl methyl sites for hydroxylation is 1. The summed E-state index contributed by atoms with van der Waals surface area (Å²) in [4.78, 5) is 28.3. The maximum Gasteiger partial charge on any atom is 0.269 e. The summed E-state index contributed by atoms with van der Waals surface area (Å²) < 4.78 is 0. The van der Waals surface area contributed by atoms with E-state index in [4.69, 9.17) is 11.6 Å². The average molecular weight is 516 g/mol. The number of thioether (sulfide) groups is 1. The van der Waals surface area contributed by atoms with Gasteiger partial charge in [0.25, 0.3) is 5.91 Å². The lowest BCUT2D eigenvalue weighted by Gasteiger charge is -2.19. The first kappa shape index (κ1) is 25.6. The van der Waals surface area contributed by atoms with Gasteiger partial charge in [-0.25, -0.2) is 0 Å². The molecule has 0 aromatic heterocycles. The molecule has 1 aliphatic rings. The van der Waals surface area contributed by atoms with Gasteiger partial charge in [0, 0.05) is 16.4 Å². The molecular weight excluding hydrogens is 490 g/mol. The van der Waals surface area contributed by atoms with Gasteiger partial charge in [0.05, 0.1) is 5.25 Å². The third-order valence-corrected chi connectivity index (χ3v) is 7.48. The number of hydrogen-bond donors (Lipinski definition) is 1. The van der Waals surface area contributed by atoms with Crippen LogP contribution in [0.4, 0.5) is 11.4 Å². The number of hydrogen-bond acceptors (Lipinski definition) is 4. The molecule has 36 heavy (non-hydrogen) atoms. The summed E-state index contributed by atoms with van der Waals surface area (Å²) in [5.41, 5.74) is 4.26. The van der Waals surface area contributed by atoms with Crippen molar-refractivity contribution >= 4 is 46.6 Å². The number of halogens is 1. The van der Waals surface area contributed by atoms with Crippen molar-refractivity contribution in [2.75, 3.05) is 10.2 Å². The third kappa shape index (κ3) is 5.64. The maximum absolute atomic E-state index is 13.6. The number of nitriles is 1. The van der Waals surface area contributed by atoms with Crippen LogP contribution in [-0.2, 0) is 16.0 Å². The number of anilines is 2. The molecule has 0 bridgehead atoms. The molecular formula is C29H26ClN3O2S. The molecule has 7 heteroatoms. The van der Waals surface area contributed by atoms with Crippen molar-refractivity contribution in [2.24, 2.45) is 0 Å². The molecule has 1 unspecified atom stereocenters. The largest absolute Gasteiger partial charge is 0.321 e. The molecule has 3 aromatic rings. The first-order valence-corrected chi connectivity index (χ1v) is 12.9. The minimum Gasteiger partial charge on any atom is -0.321 e. The van der Waals surface area contributed by atoms with E-state index in [2.05, 4.69) is 25.2 Å². The van der Waals surface area contributed by atoms with Gasteiger partial charge in [-0.15, -0.1) is 0 Å². The molecule has 1 aliphatic heterocycles. The number of rotatable bonds is 6. The van der Waals surface area contributed by atoms with E-state index in [1.165, 1.54) is 16.7 Å². The Morgan fingerprint density at radius 1 is 1.06 bits per heavy atom. The van der Waals surface area contributed by atoms with Crippen LogP contribution in [0.3, 0.4) is 0 Å². The highest BCUT2D eigenvalue weighted by molar-refractivity contribution is 8.05. The number of nitrogens with one attached hydrogen (secondary N) is 1. The van der Waals surface area contributed by atoms with E-state index in [1.807, 2.05) is 55.5 Å². The first-order valence-electron chi connectivity index (χ1n) is 11.6. The summed E-state index contributed by atoms with van der Waals surface area (Å²) in [6, 6.07) is 24.4. The molecule has 1 heterocycles. The molecule has 3 aromatic carbocycles. The fourth-order valence-corrected chi connectivity index (χ4v) is 5.33. The molecule has 1 saturated heterocycles. The second-order valence-electron chi connectivity index (χ2n) is 8.97. The average Bonchev–Trinajstić information content (AvgIpc) is 3.17. The van der Waals surface area contributed by atoms with Crippen molar-refractivity contribution in [2.45, 2.75) is 38.4 Å². The highest BCUT2D eigenvalue weighted by atomic mass is 35.5. The van der Waals surface area contributed by atoms with E-state index in [1.54, 1.807) is 24.3 Å². The first-order chi connectivity index (χ1) is 17.3. The Bertz CT molecular complexity index is 1340. The molecule has 0 spiro atoms. The second-order valence-corrected chi connectivity index (χ2v) is 10.6. The standard InChI is InChI=1S/C29H26ClN3O2S/c1-18(2)21-8-14-24(15-9-21)33-28(35)26(16-20-6-10-22(30)11-7-20)36-29(33)25(17-31)27(34)32-23-12-4-19(3)5-13-23/h4-15,18,26H,16H2,1-3H3,(H,32,34)/b29-25-. The van der Waals surface area contributed by atoms with Crippen LogP contribution in [0.25, 0.3) is 0 Å². The van der Waals surface area contributed by atoms with Crippen LogP contribution in [-0.4, -0.2) is 17.1 Å². The summed E-state index contributed by atoms with van der Waals surface area (Å²) in [5, 5.41) is 13.3. The lowest BCUT2D eigenvalue weighted by atomic mass is 10.0. The monoisotopic (exact) mass is 515 g/mol. The van der Waals surface area contributed by atoms with E-state index < -0.39 is 11.2 Å². The van der Waals surface area contributed by atoms with E-state index in [0.717, 1.165) is 16.7 Å². The molecule has 4 rings (SSSR count). The van der Waals surface area contributed by atoms with E-state index in [-0.39, 0.29) is 11.5 Å². The third-order valence-electron chi connectivity index (χ3n) is 5.97. The minimum atomic E-state index is -0.549. The lowest BCUT2D eigenvalue weighted by Crippen LogP contribution is -2.31. The predicted molar refractivity (Wildman–Crippen MR) is 147 cm³/mol. The van der Waals surface area contributed by atoms with Crippen LogP contribution in [0, 0.1) is 18.3 Å². The van der Waals surface area contributed by atoms with E-state index in [9.17, 15) is 14.9 Å². The van der Waals surface area contributed by atoms with Gasteiger partial charge >= 0.3 is 0 Å². The number of carbonyl (C=O) groups is 2. The quantitative estimate of drug-likeness (QED) is 0.288. The normalized spacial score (nSPS) is 16.7. The van der Waals surface area contributed by atoms with E-state index in [0.29, 0.717) is 33.8 Å². The summed E-state index contributed by atoms with van der Waals surface area (Å²) in [5.74, 6) is -0.379. The zero-order chi connectivity index (χ0) is 25.8. The fourth-order valence-electron chi connectivity index (χ4n) is 3.90. The summed E-state index contributed by atoms with van der Waals surface area (Å²) in [6.45, 7) is 6.16. The number of amides is 2. The predicted octanol–water partition coefficient (Wildman–Crippen LogP) is 6.84. The molecule has 0 saturated carbocycles. The fraction of sp³-hybridized carbons (Fsp3) is 0.207. The number of carbonyl (C=O) groups excluding carboxylic acids is 2. The summed E-state index contributed by atoms with van der Waals surface area (Å²) in [6.07, 6.45) is 0.447. The number of benzene rings is 3. The van der Waals surface area contributed by atoms with Crippen LogP contribution in [0.5, 0.6) is 0 Å². The minimum absolute atomic E-state index is 0.0968. The zero-order valence-corrected chi connectivity index (χ0v) is 21.9. The van der Waals surface area contributed by atoms with Crippen molar-refractivity contribution in [3.8, 4) is 6.07 Å².